The van der Waals surface area contributed by atoms with Crippen molar-refractivity contribution in [3.8, 4) is 0 Å². The zero-order valence-electron chi connectivity index (χ0n) is 8.02. The summed E-state index contributed by atoms with van der Waals surface area (Å²) in [4.78, 5) is 11.5. The van der Waals surface area contributed by atoms with E-state index in [1.54, 1.807) is 12.1 Å². The third kappa shape index (κ3) is 3.15. The highest BCUT2D eigenvalue weighted by Crippen LogP contribution is 2.07. The summed E-state index contributed by atoms with van der Waals surface area (Å²) in [5.74, 6) is 0.0616. The minimum atomic E-state index is -0.581. The van der Waals surface area contributed by atoms with Crippen LogP contribution in [0.15, 0.2) is 43.0 Å². The minimum absolute atomic E-state index is 0.0616. The molecule has 14 heavy (non-hydrogen) atoms. The van der Waals surface area contributed by atoms with Gasteiger partial charge in [0.25, 0.3) is 0 Å². The van der Waals surface area contributed by atoms with Crippen LogP contribution in [0.4, 0.5) is 0 Å². The molecule has 0 amide bonds. The Kier molecular flexibility index (Phi) is 4.08. The Morgan fingerprint density at radius 2 is 2.07 bits per heavy atom. The SMILES string of the molecule is C=C[C@@H](O)CCC(=O)c1ccccc1. The first kappa shape index (κ1) is 10.7. The molecular weight excluding hydrogens is 176 g/mol. The predicted octanol–water partition coefficient (Wildman–Crippen LogP) is 2.20. The molecule has 0 saturated heterocycles. The van der Waals surface area contributed by atoms with E-state index in [-0.39, 0.29) is 5.78 Å². The maximum absolute atomic E-state index is 11.5. The summed E-state index contributed by atoms with van der Waals surface area (Å²) in [6, 6.07) is 9.09. The quantitative estimate of drug-likeness (QED) is 0.571. The third-order valence-corrected chi connectivity index (χ3v) is 2.04. The molecule has 0 saturated carbocycles. The first-order chi connectivity index (χ1) is 6.74. The number of hydrogen-bond donors (Lipinski definition) is 1. The molecule has 1 atom stereocenters. The Morgan fingerprint density at radius 1 is 1.43 bits per heavy atom. The minimum Gasteiger partial charge on any atom is -0.389 e. The van der Waals surface area contributed by atoms with Crippen molar-refractivity contribution in [3.05, 3.63) is 48.6 Å². The number of aliphatic hydroxyl groups is 1. The lowest BCUT2D eigenvalue weighted by Gasteiger charge is -2.03. The Bertz CT molecular complexity index is 303. The van der Waals surface area contributed by atoms with Gasteiger partial charge in [-0.25, -0.2) is 0 Å². The lowest BCUT2D eigenvalue weighted by molar-refractivity contribution is 0.0959. The molecule has 0 aromatic heterocycles. The highest BCUT2D eigenvalue weighted by atomic mass is 16.3. The van der Waals surface area contributed by atoms with E-state index < -0.39 is 6.10 Å². The van der Waals surface area contributed by atoms with Crippen LogP contribution in [-0.2, 0) is 0 Å². The van der Waals surface area contributed by atoms with E-state index in [4.69, 9.17) is 0 Å². The van der Waals surface area contributed by atoms with Gasteiger partial charge in [0.2, 0.25) is 0 Å². The van der Waals surface area contributed by atoms with Crippen LogP contribution in [0.5, 0.6) is 0 Å². The molecule has 0 radical (unpaired) electrons. The fourth-order valence-corrected chi connectivity index (χ4v) is 1.17. The van der Waals surface area contributed by atoms with Crippen molar-refractivity contribution in [2.45, 2.75) is 18.9 Å². The van der Waals surface area contributed by atoms with Gasteiger partial charge < -0.3 is 5.11 Å². The number of hydrogen-bond acceptors (Lipinski definition) is 2. The van der Waals surface area contributed by atoms with Crippen molar-refractivity contribution < 1.29 is 9.90 Å². The maximum atomic E-state index is 11.5. The summed E-state index contributed by atoms with van der Waals surface area (Å²) in [6.45, 7) is 3.45. The van der Waals surface area contributed by atoms with Gasteiger partial charge in [0.05, 0.1) is 6.10 Å². The first-order valence-electron chi connectivity index (χ1n) is 4.63. The van der Waals surface area contributed by atoms with Crippen molar-refractivity contribution >= 4 is 5.78 Å². The van der Waals surface area contributed by atoms with E-state index in [0.29, 0.717) is 18.4 Å². The average Bonchev–Trinajstić information content (AvgIpc) is 2.26. The molecule has 74 valence electrons. The van der Waals surface area contributed by atoms with Crippen molar-refractivity contribution in [3.63, 3.8) is 0 Å². The molecule has 1 rings (SSSR count). The van der Waals surface area contributed by atoms with Crippen LogP contribution in [0.1, 0.15) is 23.2 Å². The van der Waals surface area contributed by atoms with Crippen LogP contribution in [0, 0.1) is 0 Å². The Morgan fingerprint density at radius 3 is 2.64 bits per heavy atom. The lowest BCUT2D eigenvalue weighted by atomic mass is 10.0. The topological polar surface area (TPSA) is 37.3 Å². The standard InChI is InChI=1S/C12H14O2/c1-2-11(13)8-9-12(14)10-6-4-3-5-7-10/h2-7,11,13H,1,8-9H2/t11-/m1/s1. The van der Waals surface area contributed by atoms with Gasteiger partial charge in [-0.05, 0) is 6.42 Å². The maximum Gasteiger partial charge on any atom is 0.162 e. The summed E-state index contributed by atoms with van der Waals surface area (Å²) < 4.78 is 0. The summed E-state index contributed by atoms with van der Waals surface area (Å²) >= 11 is 0. The van der Waals surface area contributed by atoms with Gasteiger partial charge in [-0.1, -0.05) is 36.4 Å². The van der Waals surface area contributed by atoms with E-state index in [0.717, 1.165) is 0 Å². The molecule has 0 unspecified atom stereocenters. The van der Waals surface area contributed by atoms with Crippen molar-refractivity contribution in [1.82, 2.24) is 0 Å². The van der Waals surface area contributed by atoms with Crippen LogP contribution in [0.2, 0.25) is 0 Å². The third-order valence-electron chi connectivity index (χ3n) is 2.04. The van der Waals surface area contributed by atoms with E-state index in [9.17, 15) is 9.90 Å². The summed E-state index contributed by atoms with van der Waals surface area (Å²) in [6.07, 6.45) is 1.66. The number of aliphatic hydroxyl groups excluding tert-OH is 1. The zero-order chi connectivity index (χ0) is 10.4. The molecule has 0 heterocycles. The second kappa shape index (κ2) is 5.35. The fraction of sp³-hybridized carbons (Fsp3) is 0.250. The molecule has 2 nitrogen and oxygen atoms in total. The van der Waals surface area contributed by atoms with Gasteiger partial charge in [0, 0.05) is 12.0 Å². The van der Waals surface area contributed by atoms with E-state index in [1.165, 1.54) is 6.08 Å². The molecule has 0 bridgehead atoms. The highest BCUT2D eigenvalue weighted by Gasteiger charge is 2.06. The van der Waals surface area contributed by atoms with Gasteiger partial charge in [-0.3, -0.25) is 4.79 Å². The Labute approximate surface area is 83.9 Å². The van der Waals surface area contributed by atoms with Gasteiger partial charge in [0.1, 0.15) is 0 Å². The number of carbonyl (C=O) groups excluding carboxylic acids is 1. The van der Waals surface area contributed by atoms with Gasteiger partial charge in [0.15, 0.2) is 5.78 Å². The fourth-order valence-electron chi connectivity index (χ4n) is 1.17. The Balaban J connectivity index is 2.47. The van der Waals surface area contributed by atoms with Crippen molar-refractivity contribution in [2.24, 2.45) is 0 Å². The number of rotatable bonds is 5. The molecule has 1 N–H and O–H groups in total. The van der Waals surface area contributed by atoms with Gasteiger partial charge >= 0.3 is 0 Å². The largest absolute Gasteiger partial charge is 0.389 e. The lowest BCUT2D eigenvalue weighted by Crippen LogP contribution is -2.06. The Hall–Kier alpha value is -1.41. The van der Waals surface area contributed by atoms with Crippen molar-refractivity contribution in [1.29, 1.82) is 0 Å². The van der Waals surface area contributed by atoms with Crippen LogP contribution >= 0.6 is 0 Å². The molecule has 0 spiro atoms. The highest BCUT2D eigenvalue weighted by molar-refractivity contribution is 5.95. The van der Waals surface area contributed by atoms with Crippen molar-refractivity contribution in [2.75, 3.05) is 0 Å². The molecule has 0 fully saturated rings. The molecule has 1 aromatic carbocycles. The zero-order valence-corrected chi connectivity index (χ0v) is 8.02. The molecule has 2 heteroatoms. The van der Waals surface area contributed by atoms with E-state index >= 15 is 0 Å². The predicted molar refractivity (Wildman–Crippen MR) is 56.2 cm³/mol. The van der Waals surface area contributed by atoms with E-state index in [2.05, 4.69) is 6.58 Å². The molecule has 1 aromatic rings. The van der Waals surface area contributed by atoms with Gasteiger partial charge in [-0.2, -0.15) is 0 Å². The van der Waals surface area contributed by atoms with Crippen LogP contribution in [0.3, 0.4) is 0 Å². The summed E-state index contributed by atoms with van der Waals surface area (Å²) in [7, 11) is 0. The summed E-state index contributed by atoms with van der Waals surface area (Å²) in [5, 5.41) is 9.18. The molecular formula is C12H14O2. The second-order valence-corrected chi connectivity index (χ2v) is 3.13. The second-order valence-electron chi connectivity index (χ2n) is 3.13. The smallest absolute Gasteiger partial charge is 0.162 e. The number of benzene rings is 1. The molecule has 0 aliphatic rings. The average molecular weight is 190 g/mol. The normalized spacial score (nSPS) is 12.1. The summed E-state index contributed by atoms with van der Waals surface area (Å²) in [5.41, 5.74) is 0.698. The number of Topliss-reactive ketones (excluding diaryl/α,β-unsaturated/α-hetero) is 1. The first-order valence-corrected chi connectivity index (χ1v) is 4.63. The van der Waals surface area contributed by atoms with Crippen LogP contribution < -0.4 is 0 Å². The van der Waals surface area contributed by atoms with Gasteiger partial charge in [-0.15, -0.1) is 6.58 Å². The number of ketones is 1. The van der Waals surface area contributed by atoms with E-state index in [1.807, 2.05) is 18.2 Å². The molecule has 0 aliphatic heterocycles. The number of carbonyl (C=O) groups is 1. The van der Waals surface area contributed by atoms with Crippen LogP contribution in [0.25, 0.3) is 0 Å². The van der Waals surface area contributed by atoms with Crippen LogP contribution in [-0.4, -0.2) is 17.0 Å². The monoisotopic (exact) mass is 190 g/mol. The molecule has 0 aliphatic carbocycles.